The van der Waals surface area contributed by atoms with Crippen molar-refractivity contribution in [3.63, 3.8) is 0 Å². The van der Waals surface area contributed by atoms with Crippen molar-refractivity contribution in [1.82, 2.24) is 4.31 Å². The van der Waals surface area contributed by atoms with E-state index in [4.69, 9.17) is 18.0 Å². The number of rotatable bonds is 1. The molecule has 0 saturated carbocycles. The fourth-order valence-corrected chi connectivity index (χ4v) is 1.92. The maximum absolute atomic E-state index is 5.32. The standard InChI is InChI=1S/C5H10N2S2.Bi.3H/c6-5(8)9-7-3-1-2-4-7;;;;/h1-4H2,(H2,6,8);;;;. The van der Waals surface area contributed by atoms with Crippen LogP contribution in [0, 0.1) is 0 Å². The number of nitrogens with zero attached hydrogens (tertiary/aromatic N) is 1. The van der Waals surface area contributed by atoms with Crippen molar-refractivity contribution in [3.05, 3.63) is 0 Å². The van der Waals surface area contributed by atoms with Gasteiger partial charge in [0.05, 0.1) is 0 Å². The molecule has 0 atom stereocenters. The summed E-state index contributed by atoms with van der Waals surface area (Å²) >= 11 is 6.24. The van der Waals surface area contributed by atoms with Gasteiger partial charge in [-0.3, -0.25) is 0 Å². The zero-order valence-electron chi connectivity index (χ0n) is 5.88. The molecular formula is C5H13BiN2S2. The van der Waals surface area contributed by atoms with Crippen molar-refractivity contribution >= 4 is 54.7 Å². The van der Waals surface area contributed by atoms with E-state index in [9.17, 15) is 0 Å². The van der Waals surface area contributed by atoms with Crippen LogP contribution in [0.1, 0.15) is 12.8 Å². The monoisotopic (exact) mass is 374 g/mol. The molecule has 0 spiro atoms. The van der Waals surface area contributed by atoms with E-state index in [0.717, 1.165) is 13.1 Å². The van der Waals surface area contributed by atoms with Gasteiger partial charge >= 0.3 is 26.2 Å². The fraction of sp³-hybridized carbons (Fsp3) is 0.800. The van der Waals surface area contributed by atoms with Crippen LogP contribution >= 0.6 is 24.2 Å². The summed E-state index contributed by atoms with van der Waals surface area (Å²) < 4.78 is 2.75. The molecule has 2 N–H and O–H groups in total. The summed E-state index contributed by atoms with van der Waals surface area (Å²) in [5, 5.41) is 0. The van der Waals surface area contributed by atoms with E-state index in [1.165, 1.54) is 24.8 Å². The molecule has 10 heavy (non-hydrogen) atoms. The van der Waals surface area contributed by atoms with Crippen LogP contribution in [0.3, 0.4) is 0 Å². The van der Waals surface area contributed by atoms with Crippen molar-refractivity contribution in [3.8, 4) is 0 Å². The van der Waals surface area contributed by atoms with Crippen LogP contribution in [0.2, 0.25) is 0 Å². The first-order valence-electron chi connectivity index (χ1n) is 3.01. The Bertz CT molecular complexity index is 114. The summed E-state index contributed by atoms with van der Waals surface area (Å²) in [6.07, 6.45) is 2.57. The van der Waals surface area contributed by atoms with Gasteiger partial charge in [-0.1, -0.05) is 12.2 Å². The first-order valence-corrected chi connectivity index (χ1v) is 4.19. The number of nitrogens with two attached hydrogens (primary N) is 1. The van der Waals surface area contributed by atoms with E-state index < -0.39 is 0 Å². The Morgan fingerprint density at radius 2 is 1.90 bits per heavy atom. The van der Waals surface area contributed by atoms with Crippen molar-refractivity contribution < 1.29 is 0 Å². The Hall–Kier alpha value is 1.08. The summed E-state index contributed by atoms with van der Waals surface area (Å²) in [6.45, 7) is 2.28. The van der Waals surface area contributed by atoms with Crippen molar-refractivity contribution in [2.45, 2.75) is 12.8 Å². The van der Waals surface area contributed by atoms with Gasteiger partial charge in [0.25, 0.3) is 0 Å². The summed E-state index contributed by atoms with van der Waals surface area (Å²) in [5.41, 5.74) is 5.32. The van der Waals surface area contributed by atoms with Crippen LogP contribution in [0.5, 0.6) is 0 Å². The molecule has 1 saturated heterocycles. The number of hydrogen-bond acceptors (Lipinski definition) is 3. The van der Waals surface area contributed by atoms with Gasteiger partial charge in [-0.15, -0.1) is 0 Å². The first-order chi connectivity index (χ1) is 4.29. The second-order valence-corrected chi connectivity index (χ2v) is 3.88. The zero-order chi connectivity index (χ0) is 6.69. The molecule has 1 aliphatic heterocycles. The Kier molecular flexibility index (Phi) is 6.31. The summed E-state index contributed by atoms with van der Waals surface area (Å²) in [6, 6.07) is 0. The Morgan fingerprint density at radius 1 is 1.40 bits per heavy atom. The van der Waals surface area contributed by atoms with Gasteiger partial charge in [0, 0.05) is 13.1 Å². The minimum atomic E-state index is 0. The SMILES string of the molecule is NC(=S)SN1CCCC1.[BiH3]. The number of thiocarbonyl (C=S) groups is 1. The Morgan fingerprint density at radius 3 is 2.30 bits per heavy atom. The molecule has 0 aliphatic carbocycles. The van der Waals surface area contributed by atoms with Crippen LogP contribution < -0.4 is 5.73 Å². The van der Waals surface area contributed by atoms with Gasteiger partial charge in [-0.2, -0.15) is 0 Å². The van der Waals surface area contributed by atoms with Crippen LogP contribution in [-0.4, -0.2) is 47.9 Å². The minimum absolute atomic E-state index is 0. The van der Waals surface area contributed by atoms with Gasteiger partial charge in [0.2, 0.25) is 0 Å². The van der Waals surface area contributed by atoms with Crippen molar-refractivity contribution in [1.29, 1.82) is 0 Å². The van der Waals surface area contributed by atoms with E-state index in [-0.39, 0.29) is 26.2 Å². The summed E-state index contributed by atoms with van der Waals surface area (Å²) in [7, 11) is 0. The molecular weight excluding hydrogens is 361 g/mol. The van der Waals surface area contributed by atoms with E-state index in [0.29, 0.717) is 4.32 Å². The van der Waals surface area contributed by atoms with Crippen molar-refractivity contribution in [2.75, 3.05) is 13.1 Å². The average Bonchev–Trinajstić information content (AvgIpc) is 2.15. The summed E-state index contributed by atoms with van der Waals surface area (Å²) in [4.78, 5) is 0. The van der Waals surface area contributed by atoms with Crippen LogP contribution in [-0.2, 0) is 0 Å². The van der Waals surface area contributed by atoms with E-state index in [1.807, 2.05) is 0 Å². The molecule has 60 valence electrons. The molecule has 1 fully saturated rings. The van der Waals surface area contributed by atoms with Gasteiger partial charge in [0.1, 0.15) is 4.32 Å². The second-order valence-electron chi connectivity index (χ2n) is 2.05. The zero-order valence-corrected chi connectivity index (χ0v) is 13.0. The van der Waals surface area contributed by atoms with Gasteiger partial charge in [-0.25, -0.2) is 4.31 Å². The maximum atomic E-state index is 5.32. The molecule has 1 heterocycles. The van der Waals surface area contributed by atoms with Crippen LogP contribution in [0.15, 0.2) is 0 Å². The predicted molar refractivity (Wildman–Crippen MR) is 55.1 cm³/mol. The molecule has 0 bridgehead atoms. The van der Waals surface area contributed by atoms with Gasteiger partial charge in [0.15, 0.2) is 0 Å². The molecule has 0 radical (unpaired) electrons. The summed E-state index contributed by atoms with van der Waals surface area (Å²) in [5.74, 6) is 0. The topological polar surface area (TPSA) is 29.3 Å². The third-order valence-electron chi connectivity index (χ3n) is 1.28. The fourth-order valence-electron chi connectivity index (χ4n) is 0.907. The molecule has 1 rings (SSSR count). The van der Waals surface area contributed by atoms with Crippen LogP contribution in [0.25, 0.3) is 0 Å². The van der Waals surface area contributed by atoms with Gasteiger partial charge in [-0.05, 0) is 24.8 Å². The normalized spacial score (nSPS) is 18.4. The molecule has 0 amide bonds. The third kappa shape index (κ3) is 4.06. The van der Waals surface area contributed by atoms with E-state index in [1.54, 1.807) is 0 Å². The first kappa shape index (κ1) is 11.1. The Labute approximate surface area is 90.2 Å². The quantitative estimate of drug-likeness (QED) is 0.391. The molecule has 0 aromatic rings. The predicted octanol–water partition coefficient (Wildman–Crippen LogP) is -0.210. The molecule has 0 aromatic heterocycles. The molecule has 2 nitrogen and oxygen atoms in total. The van der Waals surface area contributed by atoms with Gasteiger partial charge < -0.3 is 5.73 Å². The van der Waals surface area contributed by atoms with E-state index >= 15 is 0 Å². The molecule has 1 aliphatic rings. The second kappa shape index (κ2) is 5.70. The average molecular weight is 374 g/mol. The molecule has 5 heteroatoms. The van der Waals surface area contributed by atoms with Crippen LogP contribution in [0.4, 0.5) is 0 Å². The third-order valence-corrected chi connectivity index (χ3v) is 2.31. The molecule has 0 aromatic carbocycles. The molecule has 0 unspecified atom stereocenters. The Balaban J connectivity index is 0.000000810. The van der Waals surface area contributed by atoms with E-state index in [2.05, 4.69) is 4.31 Å². The number of hydrogen-bond donors (Lipinski definition) is 1. The van der Waals surface area contributed by atoms with Crippen molar-refractivity contribution in [2.24, 2.45) is 5.73 Å².